The van der Waals surface area contributed by atoms with Crippen molar-refractivity contribution in [2.24, 2.45) is 0 Å². The number of rotatable bonds is 5. The third-order valence-corrected chi connectivity index (χ3v) is 4.75. The monoisotopic (exact) mass is 353 g/mol. The van der Waals surface area contributed by atoms with Crippen LogP contribution in [0.25, 0.3) is 12.2 Å². The number of carbonyl (C=O) groups excluding carboxylic acids is 2. The van der Waals surface area contributed by atoms with Gasteiger partial charge in [0.2, 0.25) is 0 Å². The molecule has 4 rings (SSSR count). The molecule has 1 aliphatic heterocycles. The molecule has 27 heavy (non-hydrogen) atoms. The highest BCUT2D eigenvalue weighted by Crippen LogP contribution is 2.22. The summed E-state index contributed by atoms with van der Waals surface area (Å²) in [5.41, 5.74) is 4.38. The van der Waals surface area contributed by atoms with Crippen LogP contribution in [0, 0.1) is 0 Å². The summed E-state index contributed by atoms with van der Waals surface area (Å²) in [4.78, 5) is 26.1. The van der Waals surface area contributed by atoms with E-state index < -0.39 is 0 Å². The fourth-order valence-electron chi connectivity index (χ4n) is 3.24. The fourth-order valence-corrected chi connectivity index (χ4v) is 3.24. The Kier molecular flexibility index (Phi) is 4.67. The van der Waals surface area contributed by atoms with Gasteiger partial charge in [0.25, 0.3) is 11.8 Å². The van der Waals surface area contributed by atoms with E-state index in [1.165, 1.54) is 4.90 Å². The summed E-state index contributed by atoms with van der Waals surface area (Å²) in [7, 11) is 0. The Balaban J connectivity index is 1.39. The number of hydrogen-bond acceptors (Lipinski definition) is 2. The van der Waals surface area contributed by atoms with Crippen molar-refractivity contribution < 1.29 is 9.59 Å². The molecule has 0 N–H and O–H groups in total. The Hall–Kier alpha value is -3.46. The van der Waals surface area contributed by atoms with Crippen LogP contribution in [0.1, 0.15) is 37.4 Å². The van der Waals surface area contributed by atoms with E-state index in [4.69, 9.17) is 0 Å². The van der Waals surface area contributed by atoms with E-state index in [2.05, 4.69) is 36.4 Å². The summed E-state index contributed by atoms with van der Waals surface area (Å²) in [6.45, 7) is 0.394. The molecule has 132 valence electrons. The van der Waals surface area contributed by atoms with Crippen LogP contribution in [0.5, 0.6) is 0 Å². The summed E-state index contributed by atoms with van der Waals surface area (Å²) < 4.78 is 0. The maximum atomic E-state index is 12.4. The van der Waals surface area contributed by atoms with Crippen molar-refractivity contribution in [3.63, 3.8) is 0 Å². The topological polar surface area (TPSA) is 37.4 Å². The second kappa shape index (κ2) is 7.42. The quantitative estimate of drug-likeness (QED) is 0.493. The first kappa shape index (κ1) is 17.0. The maximum Gasteiger partial charge on any atom is 0.261 e. The van der Waals surface area contributed by atoms with Crippen LogP contribution in [0.15, 0.2) is 78.9 Å². The molecule has 0 radical (unpaired) electrons. The molecule has 0 saturated heterocycles. The van der Waals surface area contributed by atoms with Crippen molar-refractivity contribution in [1.29, 1.82) is 0 Å². The van der Waals surface area contributed by atoms with Crippen LogP contribution in [0.4, 0.5) is 0 Å². The Labute approximate surface area is 158 Å². The zero-order valence-corrected chi connectivity index (χ0v) is 14.8. The van der Waals surface area contributed by atoms with Crippen molar-refractivity contribution in [3.05, 3.63) is 107 Å². The molecule has 0 bridgehead atoms. The van der Waals surface area contributed by atoms with E-state index in [1.807, 2.05) is 30.3 Å². The van der Waals surface area contributed by atoms with Crippen LogP contribution in [-0.2, 0) is 6.42 Å². The van der Waals surface area contributed by atoms with E-state index in [1.54, 1.807) is 24.3 Å². The van der Waals surface area contributed by atoms with Crippen molar-refractivity contribution in [2.45, 2.75) is 6.42 Å². The Morgan fingerprint density at radius 1 is 0.630 bits per heavy atom. The first-order valence-corrected chi connectivity index (χ1v) is 9.00. The van der Waals surface area contributed by atoms with Crippen molar-refractivity contribution >= 4 is 24.0 Å². The zero-order valence-electron chi connectivity index (χ0n) is 14.8. The van der Waals surface area contributed by atoms with E-state index >= 15 is 0 Å². The van der Waals surface area contributed by atoms with Crippen molar-refractivity contribution in [3.8, 4) is 0 Å². The van der Waals surface area contributed by atoms with Gasteiger partial charge in [0.15, 0.2) is 0 Å². The molecule has 0 unspecified atom stereocenters. The molecular weight excluding hydrogens is 334 g/mol. The van der Waals surface area contributed by atoms with E-state index in [-0.39, 0.29) is 11.8 Å². The molecule has 2 amide bonds. The van der Waals surface area contributed by atoms with Crippen molar-refractivity contribution in [2.75, 3.05) is 6.54 Å². The number of hydrogen-bond donors (Lipinski definition) is 0. The van der Waals surface area contributed by atoms with E-state index in [0.717, 1.165) is 16.7 Å². The molecule has 3 heteroatoms. The smallest absolute Gasteiger partial charge is 0.261 e. The highest BCUT2D eigenvalue weighted by atomic mass is 16.2. The average molecular weight is 353 g/mol. The van der Waals surface area contributed by atoms with Gasteiger partial charge in [0, 0.05) is 6.54 Å². The average Bonchev–Trinajstić information content (AvgIpc) is 2.97. The lowest BCUT2D eigenvalue weighted by molar-refractivity contribution is 0.0656. The van der Waals surface area contributed by atoms with Crippen LogP contribution >= 0.6 is 0 Å². The Morgan fingerprint density at radius 2 is 1.15 bits per heavy atom. The summed E-state index contributed by atoms with van der Waals surface area (Å²) in [6.07, 6.45) is 4.80. The first-order valence-electron chi connectivity index (χ1n) is 9.00. The molecule has 3 aromatic rings. The van der Waals surface area contributed by atoms with E-state index in [0.29, 0.717) is 24.1 Å². The van der Waals surface area contributed by atoms with Gasteiger partial charge in [-0.25, -0.2) is 0 Å². The number of nitrogens with zero attached hydrogens (tertiary/aromatic N) is 1. The third kappa shape index (κ3) is 3.58. The molecule has 1 aliphatic rings. The number of carbonyl (C=O) groups is 2. The Morgan fingerprint density at radius 3 is 1.74 bits per heavy atom. The van der Waals surface area contributed by atoms with Crippen LogP contribution in [0.2, 0.25) is 0 Å². The lowest BCUT2D eigenvalue weighted by Crippen LogP contribution is -2.31. The molecule has 0 fully saturated rings. The zero-order chi connectivity index (χ0) is 18.6. The lowest BCUT2D eigenvalue weighted by Gasteiger charge is -2.13. The number of benzene rings is 3. The summed E-state index contributed by atoms with van der Waals surface area (Å²) in [5.74, 6) is -0.393. The summed E-state index contributed by atoms with van der Waals surface area (Å²) >= 11 is 0. The molecule has 3 aromatic carbocycles. The van der Waals surface area contributed by atoms with Gasteiger partial charge in [-0.05, 0) is 35.2 Å². The SMILES string of the molecule is O=C1c2ccccc2C(=O)N1CCc1ccc(C=Cc2ccccc2)cc1. The number of amides is 2. The number of imide groups is 1. The van der Waals surface area contributed by atoms with Gasteiger partial charge in [-0.2, -0.15) is 0 Å². The summed E-state index contributed by atoms with van der Waals surface area (Å²) in [6, 6.07) is 25.3. The molecule has 0 aromatic heterocycles. The standard InChI is InChI=1S/C24H19NO2/c26-23-21-8-4-5-9-22(21)24(27)25(23)17-16-20-14-12-19(13-15-20)11-10-18-6-2-1-3-7-18/h1-15H,16-17H2. The minimum absolute atomic E-state index is 0.196. The highest BCUT2D eigenvalue weighted by molar-refractivity contribution is 6.21. The molecule has 3 nitrogen and oxygen atoms in total. The second-order valence-corrected chi connectivity index (χ2v) is 6.54. The highest BCUT2D eigenvalue weighted by Gasteiger charge is 2.34. The third-order valence-electron chi connectivity index (χ3n) is 4.75. The number of fused-ring (bicyclic) bond motifs is 1. The predicted molar refractivity (Wildman–Crippen MR) is 107 cm³/mol. The largest absolute Gasteiger partial charge is 0.274 e. The van der Waals surface area contributed by atoms with Crippen molar-refractivity contribution in [1.82, 2.24) is 4.90 Å². The van der Waals surface area contributed by atoms with E-state index in [9.17, 15) is 9.59 Å². The van der Waals surface area contributed by atoms with Gasteiger partial charge in [-0.3, -0.25) is 14.5 Å². The molecule has 0 spiro atoms. The predicted octanol–water partition coefficient (Wildman–Crippen LogP) is 4.70. The molecule has 1 heterocycles. The normalized spacial score (nSPS) is 13.4. The molecule has 0 aliphatic carbocycles. The Bertz CT molecular complexity index is 969. The van der Waals surface area contributed by atoms with Gasteiger partial charge in [0.1, 0.15) is 0 Å². The lowest BCUT2D eigenvalue weighted by atomic mass is 10.1. The van der Waals surface area contributed by atoms with Gasteiger partial charge < -0.3 is 0 Å². The first-order chi connectivity index (χ1) is 13.2. The minimum atomic E-state index is -0.196. The second-order valence-electron chi connectivity index (χ2n) is 6.54. The van der Waals surface area contributed by atoms with Crippen LogP contribution < -0.4 is 0 Å². The molecule has 0 atom stereocenters. The molecular formula is C24H19NO2. The fraction of sp³-hybridized carbons (Fsp3) is 0.0833. The molecule has 0 saturated carbocycles. The van der Waals surface area contributed by atoms with Gasteiger partial charge in [-0.1, -0.05) is 78.9 Å². The minimum Gasteiger partial charge on any atom is -0.274 e. The summed E-state index contributed by atoms with van der Waals surface area (Å²) in [5, 5.41) is 0. The van der Waals surface area contributed by atoms with Crippen LogP contribution in [-0.4, -0.2) is 23.3 Å². The van der Waals surface area contributed by atoms with Gasteiger partial charge in [-0.15, -0.1) is 0 Å². The van der Waals surface area contributed by atoms with Gasteiger partial charge in [0.05, 0.1) is 11.1 Å². The van der Waals surface area contributed by atoms with Gasteiger partial charge >= 0.3 is 0 Å². The maximum absolute atomic E-state index is 12.4. The van der Waals surface area contributed by atoms with Crippen LogP contribution in [0.3, 0.4) is 0 Å².